The highest BCUT2D eigenvalue weighted by Crippen LogP contribution is 2.42. The third-order valence-corrected chi connectivity index (χ3v) is 16.9. The molecule has 3 amide bonds. The number of nitrogens with zero attached hydrogens (tertiary/aromatic N) is 3. The van der Waals surface area contributed by atoms with Crippen molar-refractivity contribution in [2.45, 2.75) is 168 Å². The highest BCUT2D eigenvalue weighted by Gasteiger charge is 2.37. The number of amides is 3. The molecule has 12 N–H and O–H groups in total. The predicted octanol–water partition coefficient (Wildman–Crippen LogP) is 5.26. The van der Waals surface area contributed by atoms with Crippen molar-refractivity contribution >= 4 is 105 Å². The molecule has 1 aliphatic heterocycles. The number of fused-ring (bicyclic) bond motifs is 2. The lowest BCUT2D eigenvalue weighted by molar-refractivity contribution is -0.164. The number of hydrogen-bond acceptors (Lipinski definition) is 25. The number of nitrogens with one attached hydrogen (secondary N) is 3. The number of hydrogen-bond donors (Lipinski definition) is 12. The Morgan fingerprint density at radius 1 is 0.505 bits per heavy atom. The van der Waals surface area contributed by atoms with Crippen LogP contribution >= 0.6 is 12.2 Å². The molecule has 4 atom stereocenters. The van der Waals surface area contributed by atoms with E-state index in [1.807, 2.05) is 0 Å². The lowest BCUT2D eigenvalue weighted by Gasteiger charge is -2.34. The maximum atomic E-state index is 13.4. The zero-order chi connectivity index (χ0) is 82.1. The molecule has 1 aliphatic carbocycles. The van der Waals surface area contributed by atoms with Gasteiger partial charge in [0.25, 0.3) is 0 Å². The van der Waals surface area contributed by atoms with Crippen LogP contribution in [0.15, 0.2) is 63.8 Å². The van der Waals surface area contributed by atoms with E-state index in [9.17, 15) is 113 Å². The third-order valence-electron chi connectivity index (χ3n) is 16.6. The van der Waals surface area contributed by atoms with Gasteiger partial charge in [0.2, 0.25) is 17.7 Å². The van der Waals surface area contributed by atoms with Crippen LogP contribution in [0.25, 0.3) is 33.4 Å². The van der Waals surface area contributed by atoms with Crippen molar-refractivity contribution in [1.29, 1.82) is 0 Å². The number of aliphatic carboxylic acids is 7. The van der Waals surface area contributed by atoms with E-state index in [1.54, 1.807) is 59.7 Å². The highest BCUT2D eigenvalue weighted by atomic mass is 32.1. The van der Waals surface area contributed by atoms with Crippen molar-refractivity contribution < 1.29 is 136 Å². The second kappa shape index (κ2) is 46.5. The van der Waals surface area contributed by atoms with Crippen LogP contribution in [-0.2, 0) is 87.6 Å². The highest BCUT2D eigenvalue weighted by molar-refractivity contribution is 7.80. The first-order chi connectivity index (χ1) is 51.6. The summed E-state index contributed by atoms with van der Waals surface area (Å²) in [7, 11) is 0. The molecular formula is C75H104N6O29S. The number of unbranched alkanes of at least 4 members (excludes halogenated alkanes) is 3. The first kappa shape index (κ1) is 95.1. The number of phenols is 1. The van der Waals surface area contributed by atoms with Crippen LogP contribution in [0.4, 0.5) is 0 Å². The molecule has 2 aromatic rings. The molecule has 0 saturated carbocycles. The van der Waals surface area contributed by atoms with Gasteiger partial charge in [0.1, 0.15) is 46.4 Å². The van der Waals surface area contributed by atoms with Crippen molar-refractivity contribution in [1.82, 2.24) is 30.7 Å². The molecule has 614 valence electrons. The topological polar surface area (TPSA) is 526 Å². The Kier molecular flexibility index (Phi) is 39.9. The van der Waals surface area contributed by atoms with Gasteiger partial charge in [-0.25, -0.2) is 4.79 Å². The molecule has 111 heavy (non-hydrogen) atoms. The minimum Gasteiger partial charge on any atom is -0.508 e. The van der Waals surface area contributed by atoms with E-state index < -0.39 is 157 Å². The number of carbonyl (C=O) groups is 13. The number of ether oxygens (including phenoxy) is 5. The molecule has 4 rings (SSSR count). The summed E-state index contributed by atoms with van der Waals surface area (Å²) in [5.41, 5.74) is -2.26. The number of phenolic OH excluding ortho intramolecular Hbond substituents is 1. The molecule has 0 fully saturated rings. The second-order valence-corrected chi connectivity index (χ2v) is 28.9. The van der Waals surface area contributed by atoms with Gasteiger partial charge in [-0.3, -0.25) is 77.0 Å². The summed E-state index contributed by atoms with van der Waals surface area (Å²) in [5, 5.41) is 96.9. The fraction of sp³-hybridized carbons (Fsp3) is 0.560. The number of benzene rings is 3. The smallest absolute Gasteiger partial charge is 0.336 e. The van der Waals surface area contributed by atoms with Crippen LogP contribution in [-0.4, -0.2) is 271 Å². The Balaban J connectivity index is 0.0000319. The summed E-state index contributed by atoms with van der Waals surface area (Å²) in [4.78, 5) is 177. The Morgan fingerprint density at radius 3 is 1.33 bits per heavy atom. The van der Waals surface area contributed by atoms with E-state index in [2.05, 4.69) is 16.0 Å². The van der Waals surface area contributed by atoms with Crippen LogP contribution in [0.5, 0.6) is 5.75 Å². The Labute approximate surface area is 646 Å². The van der Waals surface area contributed by atoms with Gasteiger partial charge >= 0.3 is 59.7 Å². The van der Waals surface area contributed by atoms with Crippen molar-refractivity contribution in [3.8, 4) is 28.2 Å². The number of carbonyl (C=O) groups excluding carboxylic acids is 5. The number of carboxylic acids is 8. The van der Waals surface area contributed by atoms with Crippen LogP contribution in [0, 0.1) is 5.41 Å². The Morgan fingerprint density at radius 2 is 0.919 bits per heavy atom. The fourth-order valence-corrected chi connectivity index (χ4v) is 12.4. The normalized spacial score (nSPS) is 12.9. The first-order valence-corrected chi connectivity index (χ1v) is 35.9. The predicted molar refractivity (Wildman–Crippen MR) is 401 cm³/mol. The van der Waals surface area contributed by atoms with Gasteiger partial charge in [-0.1, -0.05) is 31.8 Å². The SMILES string of the molecule is C.CC(C)(C)OC(=O)CN(CC(=O)O)C(CCCCNC(=O)CCOCC(COCCC(=O)NCCCCC(C(=O)O)N(CC(=O)O)CC(=O)O)(COCCC(=O)NCCCCC(C(=O)OC(C)(C)C)N(CC(=O)O)CC(=O)O)CC(=S)Cc1ccc(-c2c3ccc(=O)cc-3oc3cc(O)ccc23)c(C(=O)O)c1)C(=O)O. The van der Waals surface area contributed by atoms with Crippen molar-refractivity contribution in [2.75, 3.05) is 98.5 Å². The molecule has 36 heteroatoms. The monoisotopic (exact) mass is 1580 g/mol. The average Bonchev–Trinajstić information content (AvgIpc) is 0.748. The first-order valence-electron chi connectivity index (χ1n) is 35.5. The van der Waals surface area contributed by atoms with Crippen LogP contribution < -0.4 is 21.4 Å². The average molecular weight is 1590 g/mol. The maximum Gasteiger partial charge on any atom is 0.336 e. The lowest BCUT2D eigenvalue weighted by Crippen LogP contribution is -2.48. The number of carboxylic acid groups (broad SMARTS) is 8. The molecule has 0 aromatic heterocycles. The van der Waals surface area contributed by atoms with E-state index in [-0.39, 0.29) is 190 Å². The summed E-state index contributed by atoms with van der Waals surface area (Å²) in [6, 6.07) is 8.83. The minimum atomic E-state index is -1.45. The largest absolute Gasteiger partial charge is 0.508 e. The molecule has 2 aliphatic rings. The molecule has 35 nitrogen and oxygen atoms in total. The van der Waals surface area contributed by atoms with Crippen LogP contribution in [0.1, 0.15) is 148 Å². The van der Waals surface area contributed by atoms with Gasteiger partial charge in [0.05, 0.1) is 84.5 Å². The second-order valence-electron chi connectivity index (χ2n) is 28.4. The van der Waals surface area contributed by atoms with Crippen LogP contribution in [0.2, 0.25) is 0 Å². The molecule has 0 radical (unpaired) electrons. The zero-order valence-electron chi connectivity index (χ0n) is 62.4. The molecule has 1 heterocycles. The van der Waals surface area contributed by atoms with E-state index in [0.717, 1.165) is 14.7 Å². The van der Waals surface area contributed by atoms with Gasteiger partial charge in [-0.15, -0.1) is 0 Å². The summed E-state index contributed by atoms with van der Waals surface area (Å²) >= 11 is 6.10. The quantitative estimate of drug-likeness (QED) is 0.0116. The number of thiocarbonyl (C=S) groups is 1. The van der Waals surface area contributed by atoms with Crippen molar-refractivity contribution in [3.63, 3.8) is 0 Å². The number of aromatic hydroxyl groups is 1. The molecule has 4 unspecified atom stereocenters. The molecular weight excluding hydrogens is 1480 g/mol. The van der Waals surface area contributed by atoms with E-state index in [4.69, 9.17) is 40.3 Å². The summed E-state index contributed by atoms with van der Waals surface area (Å²) < 4.78 is 35.4. The summed E-state index contributed by atoms with van der Waals surface area (Å²) in [6.45, 7) is 3.54. The minimum absolute atomic E-state index is 0. The van der Waals surface area contributed by atoms with E-state index >= 15 is 0 Å². The number of rotatable bonds is 54. The van der Waals surface area contributed by atoms with Crippen molar-refractivity contribution in [2.24, 2.45) is 5.41 Å². The third kappa shape index (κ3) is 35.6. The van der Waals surface area contributed by atoms with Gasteiger partial charge in [-0.2, -0.15) is 0 Å². The molecule has 2 aromatic carbocycles. The standard InChI is InChI=1S/C74H100N6O29S.CH4/c1-72(2,3)108-66(96)41-80(40-65(94)95)54(70(101)102)14-8-11-26-76-59(84)23-29-105-43-74(42-104-28-22-58(83)75-25-10-7-13-53(69(99)100)78(36-61(86)87)37-62(88)89,44-106-30-24-60(85)77-27-12-9-15-55(71(103)109-73(4,5)6)79(38-63(90)91)39-64(92)93)35-48(110)31-45-16-19-49(52(32-45)68(97)98)67-50-20-17-46(81)33-56(50)107-57-34-47(82)18-21-51(57)67;/h16-21,32-34,53-55,81H,7-15,22-31,35-44H2,1-6H3,(H,75,83)(H,76,84)(H,77,85)(H,86,87)(H,88,89)(H,90,91)(H,92,93)(H,94,95)(H,97,98)(H,99,100)(H,101,102);1H4. The Hall–Kier alpha value is -10.1. The van der Waals surface area contributed by atoms with Gasteiger partial charge in [0, 0.05) is 79.4 Å². The van der Waals surface area contributed by atoms with Crippen molar-refractivity contribution in [3.05, 3.63) is 75.9 Å². The molecule has 0 spiro atoms. The molecule has 0 bridgehead atoms. The maximum absolute atomic E-state index is 13.4. The van der Waals surface area contributed by atoms with Crippen LogP contribution in [0.3, 0.4) is 0 Å². The van der Waals surface area contributed by atoms with Gasteiger partial charge < -0.3 is 90.0 Å². The summed E-state index contributed by atoms with van der Waals surface area (Å²) in [5.74, 6) is -14.4. The van der Waals surface area contributed by atoms with E-state index in [1.165, 1.54) is 36.4 Å². The molecule has 0 saturated heterocycles. The number of esters is 2. The Bertz CT molecular complexity index is 3870. The fourth-order valence-electron chi connectivity index (χ4n) is 11.9. The van der Waals surface area contributed by atoms with E-state index in [0.29, 0.717) is 22.1 Å². The van der Waals surface area contributed by atoms with Gasteiger partial charge in [0.15, 0.2) is 5.43 Å². The lowest BCUT2D eigenvalue weighted by atomic mass is 9.83. The summed E-state index contributed by atoms with van der Waals surface area (Å²) in [6.07, 6.45) is 0.0871. The number of aromatic carboxylic acids is 1. The van der Waals surface area contributed by atoms with Gasteiger partial charge in [-0.05, 0) is 152 Å². The zero-order valence-corrected chi connectivity index (χ0v) is 63.2.